The van der Waals surface area contributed by atoms with Crippen molar-refractivity contribution in [2.45, 2.75) is 24.7 Å². The molecule has 0 saturated carbocycles. The minimum Gasteiger partial charge on any atom is -0.274 e. The monoisotopic (exact) mass is 527 g/mol. The number of anilines is 1. The van der Waals surface area contributed by atoms with Crippen molar-refractivity contribution in [1.29, 1.82) is 0 Å². The van der Waals surface area contributed by atoms with E-state index in [9.17, 15) is 19.7 Å². The molecular weight excluding hydrogens is 502 g/mol. The molecule has 1 fully saturated rings. The summed E-state index contributed by atoms with van der Waals surface area (Å²) in [5.74, 6) is -2.71. The van der Waals surface area contributed by atoms with Gasteiger partial charge in [0, 0.05) is 18.2 Å². The number of carbonyl (C=O) groups is 2. The fraction of sp³-hybridized carbons (Fsp3) is 0.182. The van der Waals surface area contributed by atoms with E-state index in [2.05, 4.69) is 6.92 Å². The molecule has 4 aromatic rings. The number of para-hydroxylation sites is 2. The third kappa shape index (κ3) is 3.14. The van der Waals surface area contributed by atoms with E-state index in [4.69, 9.17) is 4.99 Å². The van der Waals surface area contributed by atoms with Crippen LogP contribution in [0.4, 0.5) is 17.1 Å². The molecule has 3 aliphatic carbocycles. The number of aliphatic imine (C=N–C) groups is 1. The Bertz CT molecular complexity index is 1700. The van der Waals surface area contributed by atoms with Crippen molar-refractivity contribution < 1.29 is 14.5 Å². The molecule has 4 aliphatic rings. The summed E-state index contributed by atoms with van der Waals surface area (Å²) in [6.07, 6.45) is 2.75. The molecule has 2 amide bonds. The van der Waals surface area contributed by atoms with Gasteiger partial charge in [0.05, 0.1) is 27.9 Å². The molecule has 0 N–H and O–H groups in total. The van der Waals surface area contributed by atoms with Gasteiger partial charge in [-0.3, -0.25) is 24.7 Å². The normalized spacial score (nSPS) is 24.2. The number of nitro benzene ring substituents is 1. The number of hydrogen-bond acceptors (Lipinski definition) is 5. The quantitative estimate of drug-likeness (QED) is 0.135. The van der Waals surface area contributed by atoms with Crippen LogP contribution in [-0.4, -0.2) is 23.0 Å². The molecule has 7 heteroatoms. The first-order valence-corrected chi connectivity index (χ1v) is 13.4. The molecular formula is C33H25N3O4. The zero-order valence-corrected chi connectivity index (χ0v) is 21.7. The Labute approximate surface area is 231 Å². The molecule has 2 bridgehead atoms. The van der Waals surface area contributed by atoms with Gasteiger partial charge in [0.15, 0.2) is 0 Å². The Hall–Kier alpha value is -4.91. The zero-order chi connectivity index (χ0) is 27.6. The number of nitrogens with zero attached hydrogens (tertiary/aromatic N) is 3. The lowest BCUT2D eigenvalue weighted by atomic mass is 9.47. The van der Waals surface area contributed by atoms with Gasteiger partial charge in [0.25, 0.3) is 5.69 Å². The Morgan fingerprint density at radius 2 is 1.45 bits per heavy atom. The van der Waals surface area contributed by atoms with E-state index in [1.54, 1.807) is 6.07 Å². The highest BCUT2D eigenvalue weighted by atomic mass is 16.6. The van der Waals surface area contributed by atoms with Gasteiger partial charge in [-0.2, -0.15) is 0 Å². The number of rotatable bonds is 5. The summed E-state index contributed by atoms with van der Waals surface area (Å²) in [4.78, 5) is 46.0. The lowest BCUT2D eigenvalue weighted by Crippen LogP contribution is -2.54. The summed E-state index contributed by atoms with van der Waals surface area (Å²) < 4.78 is 0. The Morgan fingerprint density at radius 3 is 2.08 bits per heavy atom. The van der Waals surface area contributed by atoms with Crippen LogP contribution in [0.1, 0.15) is 40.7 Å². The van der Waals surface area contributed by atoms with E-state index in [0.29, 0.717) is 0 Å². The number of imide groups is 1. The van der Waals surface area contributed by atoms with Crippen LogP contribution in [-0.2, 0) is 21.4 Å². The average Bonchev–Trinajstić information content (AvgIpc) is 3.26. The van der Waals surface area contributed by atoms with E-state index in [-0.39, 0.29) is 17.3 Å². The van der Waals surface area contributed by atoms with Gasteiger partial charge >= 0.3 is 0 Å². The predicted octanol–water partition coefficient (Wildman–Crippen LogP) is 6.11. The summed E-state index contributed by atoms with van der Waals surface area (Å²) in [6.45, 7) is 2.09. The lowest BCUT2D eigenvalue weighted by Gasteiger charge is -2.52. The lowest BCUT2D eigenvalue weighted by molar-refractivity contribution is -0.384. The van der Waals surface area contributed by atoms with Crippen LogP contribution < -0.4 is 4.90 Å². The number of amides is 2. The molecule has 0 spiro atoms. The maximum Gasteiger partial charge on any atom is 0.293 e. The van der Waals surface area contributed by atoms with Crippen molar-refractivity contribution in [3.63, 3.8) is 0 Å². The van der Waals surface area contributed by atoms with E-state index in [1.165, 1.54) is 23.8 Å². The third-order valence-corrected chi connectivity index (χ3v) is 8.76. The predicted molar refractivity (Wildman–Crippen MR) is 152 cm³/mol. The minimum absolute atomic E-state index is 0.00616. The SMILES string of the molecule is CCc1ccc(N=CC23c4ccccc4C(c4ccccc42)[C@@H]2C(=O)N(c4ccccc4[N+](=O)[O-])C(=O)[C@@H]23)cc1. The van der Waals surface area contributed by atoms with Crippen molar-refractivity contribution in [2.24, 2.45) is 16.8 Å². The smallest absolute Gasteiger partial charge is 0.274 e. The molecule has 1 saturated heterocycles. The summed E-state index contributed by atoms with van der Waals surface area (Å²) in [5.41, 5.74) is 4.51. The summed E-state index contributed by atoms with van der Waals surface area (Å²) in [6, 6.07) is 29.8. The second kappa shape index (κ2) is 8.81. The maximum atomic E-state index is 14.5. The highest BCUT2D eigenvalue weighted by Gasteiger charge is 2.68. The summed E-state index contributed by atoms with van der Waals surface area (Å²) >= 11 is 0. The fourth-order valence-electron chi connectivity index (χ4n) is 7.09. The molecule has 1 heterocycles. The highest BCUT2D eigenvalue weighted by Crippen LogP contribution is 2.64. The molecule has 196 valence electrons. The number of nitro groups is 1. The van der Waals surface area contributed by atoms with Crippen LogP contribution in [0.3, 0.4) is 0 Å². The van der Waals surface area contributed by atoms with Crippen molar-refractivity contribution in [2.75, 3.05) is 4.90 Å². The standard InChI is InChI=1S/C33H25N3O4/c1-2-20-15-17-21(18-16-20)34-19-33-24-11-5-3-9-22(24)28(23-10-4-6-12-25(23)33)29-30(33)32(38)35(31(29)37)26-13-7-8-14-27(26)36(39)40/h3-19,28-30H,2H2,1H3/t28?,29-,30+,33?/m0/s1. The number of carbonyl (C=O) groups excluding carboxylic acids is 2. The van der Waals surface area contributed by atoms with Crippen molar-refractivity contribution in [3.05, 3.63) is 135 Å². The van der Waals surface area contributed by atoms with E-state index < -0.39 is 34.0 Å². The maximum absolute atomic E-state index is 14.5. The summed E-state index contributed by atoms with van der Waals surface area (Å²) in [7, 11) is 0. The van der Waals surface area contributed by atoms with Gasteiger partial charge in [-0.1, -0.05) is 79.7 Å². The Morgan fingerprint density at radius 1 is 0.850 bits per heavy atom. The Kier molecular flexibility index (Phi) is 5.32. The van der Waals surface area contributed by atoms with Gasteiger partial charge in [0.1, 0.15) is 5.69 Å². The first kappa shape index (κ1) is 24.2. The average molecular weight is 528 g/mol. The van der Waals surface area contributed by atoms with Crippen LogP contribution in [0, 0.1) is 22.0 Å². The molecule has 2 atom stereocenters. The van der Waals surface area contributed by atoms with Gasteiger partial charge in [-0.05, 0) is 52.4 Å². The van der Waals surface area contributed by atoms with Gasteiger partial charge < -0.3 is 0 Å². The van der Waals surface area contributed by atoms with E-state index in [0.717, 1.165) is 39.3 Å². The molecule has 40 heavy (non-hydrogen) atoms. The Balaban J connectivity index is 1.48. The molecule has 0 aromatic heterocycles. The van der Waals surface area contributed by atoms with Gasteiger partial charge in [-0.15, -0.1) is 0 Å². The van der Waals surface area contributed by atoms with Crippen molar-refractivity contribution >= 4 is 35.1 Å². The van der Waals surface area contributed by atoms with Crippen LogP contribution >= 0.6 is 0 Å². The van der Waals surface area contributed by atoms with Crippen LogP contribution in [0.25, 0.3) is 0 Å². The number of hydrogen-bond donors (Lipinski definition) is 0. The molecule has 4 aromatic carbocycles. The fourth-order valence-corrected chi connectivity index (χ4v) is 7.09. The first-order chi connectivity index (χ1) is 19.5. The highest BCUT2D eigenvalue weighted by molar-refractivity contribution is 6.25. The second-order valence-corrected chi connectivity index (χ2v) is 10.6. The third-order valence-electron chi connectivity index (χ3n) is 8.76. The second-order valence-electron chi connectivity index (χ2n) is 10.6. The van der Waals surface area contributed by atoms with Crippen LogP contribution in [0.2, 0.25) is 0 Å². The molecule has 0 unspecified atom stereocenters. The number of benzene rings is 4. The summed E-state index contributed by atoms with van der Waals surface area (Å²) in [5, 5.41) is 11.9. The van der Waals surface area contributed by atoms with Gasteiger partial charge in [-0.25, -0.2) is 4.90 Å². The molecule has 1 aliphatic heterocycles. The first-order valence-electron chi connectivity index (χ1n) is 13.4. The molecule has 7 nitrogen and oxygen atoms in total. The van der Waals surface area contributed by atoms with E-state index in [1.807, 2.05) is 79.0 Å². The van der Waals surface area contributed by atoms with Crippen molar-refractivity contribution in [3.8, 4) is 0 Å². The minimum atomic E-state index is -1.03. The largest absolute Gasteiger partial charge is 0.293 e. The van der Waals surface area contributed by atoms with Crippen molar-refractivity contribution in [1.82, 2.24) is 0 Å². The van der Waals surface area contributed by atoms with Gasteiger partial charge in [0.2, 0.25) is 11.8 Å². The van der Waals surface area contributed by atoms with Crippen LogP contribution in [0.5, 0.6) is 0 Å². The zero-order valence-electron chi connectivity index (χ0n) is 21.7. The molecule has 0 radical (unpaired) electrons. The topological polar surface area (TPSA) is 92.9 Å². The number of aryl methyl sites for hydroxylation is 1. The van der Waals surface area contributed by atoms with E-state index >= 15 is 0 Å². The van der Waals surface area contributed by atoms with Crippen LogP contribution in [0.15, 0.2) is 102 Å². The molecule has 8 rings (SSSR count).